The van der Waals surface area contributed by atoms with E-state index in [0.29, 0.717) is 11.5 Å². The lowest BCUT2D eigenvalue weighted by Gasteiger charge is -2.11. The van der Waals surface area contributed by atoms with Crippen molar-refractivity contribution in [2.24, 2.45) is 0 Å². The number of carbonyl (C=O) groups excluding carboxylic acids is 1. The molecule has 0 bridgehead atoms. The van der Waals surface area contributed by atoms with E-state index < -0.39 is 0 Å². The van der Waals surface area contributed by atoms with Crippen LogP contribution in [-0.4, -0.2) is 17.1 Å². The Labute approximate surface area is 116 Å². The number of hydrogen-bond donors (Lipinski definition) is 1. The average Bonchev–Trinajstić information content (AvgIpc) is 3.05. The Morgan fingerprint density at radius 2 is 2.47 bits per heavy atom. The van der Waals surface area contributed by atoms with Gasteiger partial charge in [0.25, 0.3) is 5.91 Å². The van der Waals surface area contributed by atoms with Crippen molar-refractivity contribution < 1.29 is 9.32 Å². The highest BCUT2D eigenvalue weighted by atomic mass is 32.1. The molecule has 101 valence electrons. The lowest BCUT2D eigenvalue weighted by Crippen LogP contribution is -2.33. The van der Waals surface area contributed by atoms with Gasteiger partial charge in [-0.2, -0.15) is 0 Å². The fraction of sp³-hybridized carbons (Fsp3) is 0.357. The number of carbonyl (C=O) groups is 1. The third-order valence-corrected chi connectivity index (χ3v) is 3.56. The maximum absolute atomic E-state index is 12.0. The molecular formula is C14H17N2O2S. The molecule has 2 aromatic heterocycles. The second-order valence-corrected chi connectivity index (χ2v) is 5.29. The molecule has 2 aromatic rings. The molecule has 1 amide bonds. The Balaban J connectivity index is 1.96. The Kier molecular flexibility index (Phi) is 4.74. The van der Waals surface area contributed by atoms with Crippen LogP contribution in [0, 0.1) is 6.42 Å². The third kappa shape index (κ3) is 3.67. The van der Waals surface area contributed by atoms with Crippen LogP contribution >= 0.6 is 11.3 Å². The molecule has 1 radical (unpaired) electrons. The molecule has 0 saturated carbocycles. The standard InChI is InChI=1S/C14H17N2O2S/c1-3-4-6-10(2)15-14(17)11-9-12(18-16-11)13-7-5-8-19-13/h5-10H,3-4H2,1-2H3,(H,15,17). The van der Waals surface area contributed by atoms with Gasteiger partial charge in [0.2, 0.25) is 0 Å². The summed E-state index contributed by atoms with van der Waals surface area (Å²) in [6, 6.07) is 5.58. The third-order valence-electron chi connectivity index (χ3n) is 2.67. The van der Waals surface area contributed by atoms with E-state index in [-0.39, 0.29) is 11.9 Å². The monoisotopic (exact) mass is 277 g/mol. The number of unbranched alkanes of at least 4 members (excludes halogenated alkanes) is 1. The number of thiophene rings is 1. The summed E-state index contributed by atoms with van der Waals surface area (Å²) in [4.78, 5) is 12.9. The van der Waals surface area contributed by atoms with Crippen LogP contribution < -0.4 is 5.32 Å². The van der Waals surface area contributed by atoms with Crippen LogP contribution in [0.25, 0.3) is 10.6 Å². The van der Waals surface area contributed by atoms with Gasteiger partial charge in [-0.1, -0.05) is 24.6 Å². The number of hydrogen-bond acceptors (Lipinski definition) is 4. The molecule has 1 unspecified atom stereocenters. The smallest absolute Gasteiger partial charge is 0.273 e. The van der Waals surface area contributed by atoms with Crippen LogP contribution in [0.3, 0.4) is 0 Å². The summed E-state index contributed by atoms with van der Waals surface area (Å²) < 4.78 is 5.18. The topological polar surface area (TPSA) is 55.1 Å². The zero-order valence-corrected chi connectivity index (χ0v) is 11.9. The molecule has 0 fully saturated rings. The Bertz CT molecular complexity index is 519. The first-order valence-corrected chi connectivity index (χ1v) is 7.23. The van der Waals surface area contributed by atoms with Gasteiger partial charge in [-0.15, -0.1) is 11.3 Å². The summed E-state index contributed by atoms with van der Waals surface area (Å²) >= 11 is 1.55. The van der Waals surface area contributed by atoms with Gasteiger partial charge in [-0.3, -0.25) is 4.79 Å². The zero-order valence-electron chi connectivity index (χ0n) is 11.1. The SMILES string of the molecule is CCC[CH]C(C)NC(=O)c1cc(-c2cccs2)on1. The van der Waals surface area contributed by atoms with E-state index >= 15 is 0 Å². The van der Waals surface area contributed by atoms with E-state index in [9.17, 15) is 4.79 Å². The normalized spacial score (nSPS) is 12.3. The van der Waals surface area contributed by atoms with Crippen molar-refractivity contribution in [1.82, 2.24) is 10.5 Å². The molecule has 5 heteroatoms. The minimum Gasteiger partial charge on any atom is -0.355 e. The van der Waals surface area contributed by atoms with Crippen molar-refractivity contribution in [3.05, 3.63) is 35.7 Å². The largest absolute Gasteiger partial charge is 0.355 e. The van der Waals surface area contributed by atoms with Gasteiger partial charge in [0.1, 0.15) is 0 Å². The molecule has 0 aliphatic heterocycles. The van der Waals surface area contributed by atoms with Crippen LogP contribution in [0.1, 0.15) is 37.2 Å². The van der Waals surface area contributed by atoms with E-state index in [2.05, 4.69) is 23.8 Å². The van der Waals surface area contributed by atoms with Gasteiger partial charge in [-0.25, -0.2) is 0 Å². The second kappa shape index (κ2) is 6.52. The van der Waals surface area contributed by atoms with Crippen molar-refractivity contribution >= 4 is 17.2 Å². The zero-order chi connectivity index (χ0) is 13.7. The fourth-order valence-electron chi connectivity index (χ4n) is 1.67. The van der Waals surface area contributed by atoms with Crippen LogP contribution in [0.2, 0.25) is 0 Å². The number of amides is 1. The summed E-state index contributed by atoms with van der Waals surface area (Å²) in [6.07, 6.45) is 4.14. The molecule has 19 heavy (non-hydrogen) atoms. The highest BCUT2D eigenvalue weighted by Gasteiger charge is 2.15. The molecule has 0 aromatic carbocycles. The second-order valence-electron chi connectivity index (χ2n) is 4.34. The maximum Gasteiger partial charge on any atom is 0.273 e. The molecular weight excluding hydrogens is 260 g/mol. The van der Waals surface area contributed by atoms with Crippen molar-refractivity contribution in [3.8, 4) is 10.6 Å². The van der Waals surface area contributed by atoms with E-state index in [4.69, 9.17) is 4.52 Å². The van der Waals surface area contributed by atoms with Crippen molar-refractivity contribution in [3.63, 3.8) is 0 Å². The number of nitrogens with one attached hydrogen (secondary N) is 1. The van der Waals surface area contributed by atoms with Crippen molar-refractivity contribution in [1.29, 1.82) is 0 Å². The summed E-state index contributed by atoms with van der Waals surface area (Å²) in [5.41, 5.74) is 0.320. The predicted molar refractivity (Wildman–Crippen MR) is 76.0 cm³/mol. The highest BCUT2D eigenvalue weighted by Crippen LogP contribution is 2.25. The molecule has 2 rings (SSSR count). The van der Waals surface area contributed by atoms with E-state index in [1.165, 1.54) is 0 Å². The molecule has 0 aliphatic carbocycles. The fourth-order valence-corrected chi connectivity index (χ4v) is 2.35. The van der Waals surface area contributed by atoms with E-state index in [1.54, 1.807) is 17.4 Å². The minimum atomic E-state index is -0.202. The molecule has 4 nitrogen and oxygen atoms in total. The summed E-state index contributed by atoms with van der Waals surface area (Å²) in [6.45, 7) is 4.06. The lowest BCUT2D eigenvalue weighted by atomic mass is 10.1. The Hall–Kier alpha value is -1.62. The Morgan fingerprint density at radius 1 is 1.63 bits per heavy atom. The van der Waals surface area contributed by atoms with Crippen LogP contribution in [-0.2, 0) is 0 Å². The summed E-state index contributed by atoms with van der Waals surface area (Å²) in [5.74, 6) is 0.428. The molecule has 2 heterocycles. The highest BCUT2D eigenvalue weighted by molar-refractivity contribution is 7.13. The van der Waals surface area contributed by atoms with Gasteiger partial charge in [0.15, 0.2) is 11.5 Å². The van der Waals surface area contributed by atoms with Crippen LogP contribution in [0.5, 0.6) is 0 Å². The molecule has 1 atom stereocenters. The summed E-state index contributed by atoms with van der Waals surface area (Å²) in [5, 5.41) is 8.64. The Morgan fingerprint density at radius 3 is 3.16 bits per heavy atom. The summed E-state index contributed by atoms with van der Waals surface area (Å²) in [7, 11) is 0. The van der Waals surface area contributed by atoms with Crippen LogP contribution in [0.15, 0.2) is 28.1 Å². The van der Waals surface area contributed by atoms with Gasteiger partial charge in [-0.05, 0) is 31.2 Å². The first kappa shape index (κ1) is 13.8. The van der Waals surface area contributed by atoms with Gasteiger partial charge in [0.05, 0.1) is 4.88 Å². The van der Waals surface area contributed by atoms with Crippen LogP contribution in [0.4, 0.5) is 0 Å². The first-order valence-electron chi connectivity index (χ1n) is 6.35. The van der Waals surface area contributed by atoms with Gasteiger partial charge in [0, 0.05) is 12.1 Å². The van der Waals surface area contributed by atoms with Crippen molar-refractivity contribution in [2.75, 3.05) is 0 Å². The average molecular weight is 277 g/mol. The van der Waals surface area contributed by atoms with Crippen molar-refractivity contribution in [2.45, 2.75) is 32.7 Å². The minimum absolute atomic E-state index is 0.0364. The molecule has 0 saturated heterocycles. The quantitative estimate of drug-likeness (QED) is 0.878. The lowest BCUT2D eigenvalue weighted by molar-refractivity contribution is 0.0935. The molecule has 0 spiro atoms. The number of aromatic nitrogens is 1. The van der Waals surface area contributed by atoms with E-state index in [1.807, 2.05) is 24.4 Å². The maximum atomic E-state index is 12.0. The first-order chi connectivity index (χ1) is 9.20. The predicted octanol–water partition coefficient (Wildman–Crippen LogP) is 3.53. The molecule has 1 N–H and O–H groups in total. The number of rotatable bonds is 6. The molecule has 0 aliphatic rings. The number of nitrogens with zero attached hydrogens (tertiary/aromatic N) is 1. The van der Waals surface area contributed by atoms with Gasteiger partial charge >= 0.3 is 0 Å². The van der Waals surface area contributed by atoms with Gasteiger partial charge < -0.3 is 9.84 Å². The van der Waals surface area contributed by atoms with E-state index in [0.717, 1.165) is 17.7 Å².